The summed E-state index contributed by atoms with van der Waals surface area (Å²) >= 11 is 5.93. The molecule has 3 aromatic carbocycles. The molecule has 1 aliphatic rings. The van der Waals surface area contributed by atoms with Crippen LogP contribution in [0, 0.1) is 5.82 Å². The Morgan fingerprint density at radius 2 is 1.57 bits per heavy atom. The van der Waals surface area contributed by atoms with Crippen molar-refractivity contribution in [3.05, 3.63) is 101 Å². The van der Waals surface area contributed by atoms with E-state index in [1.807, 2.05) is 60.7 Å². The molecule has 0 radical (unpaired) electrons. The molecular weight excluding hydrogens is 553 g/mol. The fourth-order valence-corrected chi connectivity index (χ4v) is 5.97. The van der Waals surface area contributed by atoms with Gasteiger partial charge in [0.05, 0.1) is 17.0 Å². The molecule has 7 nitrogen and oxygen atoms in total. The molecule has 212 valence electrons. The second kappa shape index (κ2) is 13.3. The van der Waals surface area contributed by atoms with Crippen LogP contribution in [0.4, 0.5) is 10.1 Å². The van der Waals surface area contributed by atoms with Gasteiger partial charge in [-0.25, -0.2) is 12.8 Å². The van der Waals surface area contributed by atoms with Gasteiger partial charge in [0.2, 0.25) is 21.8 Å². The molecule has 10 heteroatoms. The first-order valence-electron chi connectivity index (χ1n) is 13.2. The van der Waals surface area contributed by atoms with E-state index in [1.165, 1.54) is 17.0 Å². The highest BCUT2D eigenvalue weighted by Gasteiger charge is 2.34. The third-order valence-electron chi connectivity index (χ3n) is 7.04. The van der Waals surface area contributed by atoms with E-state index in [-0.39, 0.29) is 35.6 Å². The lowest BCUT2D eigenvalue weighted by Gasteiger charge is -2.34. The van der Waals surface area contributed by atoms with E-state index in [0.717, 1.165) is 53.4 Å². The molecule has 40 heavy (non-hydrogen) atoms. The van der Waals surface area contributed by atoms with Gasteiger partial charge >= 0.3 is 0 Å². The second-order valence-electron chi connectivity index (χ2n) is 10.1. The summed E-state index contributed by atoms with van der Waals surface area (Å²) < 4.78 is 40.3. The van der Waals surface area contributed by atoms with Gasteiger partial charge in [0, 0.05) is 19.0 Å². The summed E-state index contributed by atoms with van der Waals surface area (Å²) in [6.45, 7) is -0.493. The van der Waals surface area contributed by atoms with Gasteiger partial charge in [0.1, 0.15) is 18.4 Å². The average molecular weight is 586 g/mol. The molecule has 0 saturated heterocycles. The van der Waals surface area contributed by atoms with Crippen LogP contribution < -0.4 is 9.62 Å². The maximum absolute atomic E-state index is 14.0. The van der Waals surface area contributed by atoms with Crippen LogP contribution in [0.5, 0.6) is 0 Å². The molecule has 1 fully saturated rings. The summed E-state index contributed by atoms with van der Waals surface area (Å²) in [6, 6.07) is 21.3. The van der Waals surface area contributed by atoms with Crippen LogP contribution in [0.15, 0.2) is 78.9 Å². The van der Waals surface area contributed by atoms with Gasteiger partial charge < -0.3 is 10.2 Å². The maximum atomic E-state index is 14.0. The number of hydrogen-bond acceptors (Lipinski definition) is 4. The zero-order valence-corrected chi connectivity index (χ0v) is 23.9. The van der Waals surface area contributed by atoms with Crippen molar-refractivity contribution in [2.45, 2.75) is 50.7 Å². The topological polar surface area (TPSA) is 86.8 Å². The van der Waals surface area contributed by atoms with Gasteiger partial charge in [-0.3, -0.25) is 13.9 Å². The lowest BCUT2D eigenvalue weighted by Crippen LogP contribution is -2.54. The van der Waals surface area contributed by atoms with Crippen LogP contribution in [0.2, 0.25) is 5.02 Å². The normalized spacial score (nSPS) is 14.5. The standard InChI is InChI=1S/C30H33ClFN3O4S/c1-40(38,39)35(25-16-17-27(32)26(31)19-25)21-29(36)34(20-23-12-6-3-7-13-23)28(18-22-10-4-2-5-11-22)30(37)33-24-14-8-9-15-24/h2-7,10-13,16-17,19,24,28H,8-9,14-15,18,20-21H2,1H3,(H,33,37)/t28-/m0/s1. The van der Waals surface area contributed by atoms with Crippen molar-refractivity contribution in [3.63, 3.8) is 0 Å². The molecular formula is C30H33ClFN3O4S. The number of carbonyl (C=O) groups is 2. The number of halogens is 2. The van der Waals surface area contributed by atoms with Gasteiger partial charge in [-0.15, -0.1) is 0 Å². The van der Waals surface area contributed by atoms with E-state index in [4.69, 9.17) is 11.6 Å². The number of benzene rings is 3. The zero-order valence-electron chi connectivity index (χ0n) is 22.3. The second-order valence-corrected chi connectivity index (χ2v) is 12.4. The number of nitrogens with zero attached hydrogens (tertiary/aromatic N) is 2. The molecule has 0 unspecified atom stereocenters. The largest absolute Gasteiger partial charge is 0.352 e. The lowest BCUT2D eigenvalue weighted by molar-refractivity contribution is -0.140. The molecule has 3 aromatic rings. The molecule has 1 saturated carbocycles. The number of carbonyl (C=O) groups excluding carboxylic acids is 2. The minimum absolute atomic E-state index is 0.0355. The van der Waals surface area contributed by atoms with E-state index in [0.29, 0.717) is 0 Å². The third kappa shape index (κ3) is 7.82. The first-order valence-corrected chi connectivity index (χ1v) is 15.4. The summed E-state index contributed by atoms with van der Waals surface area (Å²) in [5, 5.41) is 2.86. The van der Waals surface area contributed by atoms with Crippen LogP contribution in [-0.2, 0) is 32.6 Å². The minimum Gasteiger partial charge on any atom is -0.352 e. The molecule has 0 heterocycles. The molecule has 0 aromatic heterocycles. The van der Waals surface area contributed by atoms with Gasteiger partial charge in [0.25, 0.3) is 0 Å². The van der Waals surface area contributed by atoms with Crippen LogP contribution in [-0.4, -0.2) is 50.0 Å². The van der Waals surface area contributed by atoms with Crippen LogP contribution >= 0.6 is 11.6 Å². The fourth-order valence-electron chi connectivity index (χ4n) is 4.96. The summed E-state index contributed by atoms with van der Waals surface area (Å²) in [6.07, 6.45) is 5.04. The number of anilines is 1. The predicted octanol–water partition coefficient (Wildman–Crippen LogP) is 4.94. The third-order valence-corrected chi connectivity index (χ3v) is 8.47. The first kappa shape index (κ1) is 29.6. The summed E-state index contributed by atoms with van der Waals surface area (Å²) in [7, 11) is -3.97. The van der Waals surface area contributed by atoms with Gasteiger partial charge in [-0.1, -0.05) is 85.1 Å². The smallest absolute Gasteiger partial charge is 0.244 e. The molecule has 0 bridgehead atoms. The van der Waals surface area contributed by atoms with Crippen molar-refractivity contribution in [1.82, 2.24) is 10.2 Å². The van der Waals surface area contributed by atoms with E-state index in [2.05, 4.69) is 5.32 Å². The number of amides is 2. The average Bonchev–Trinajstić information content (AvgIpc) is 3.44. The Morgan fingerprint density at radius 1 is 0.975 bits per heavy atom. The number of nitrogens with one attached hydrogen (secondary N) is 1. The van der Waals surface area contributed by atoms with E-state index < -0.39 is 34.3 Å². The van der Waals surface area contributed by atoms with Crippen LogP contribution in [0.1, 0.15) is 36.8 Å². The van der Waals surface area contributed by atoms with Crippen LogP contribution in [0.25, 0.3) is 0 Å². The molecule has 4 rings (SSSR count). The molecule has 1 aliphatic carbocycles. The highest BCUT2D eigenvalue weighted by atomic mass is 35.5. The fraction of sp³-hybridized carbons (Fsp3) is 0.333. The summed E-state index contributed by atoms with van der Waals surface area (Å²) in [4.78, 5) is 29.3. The van der Waals surface area contributed by atoms with Gasteiger partial charge in [-0.05, 0) is 42.2 Å². The van der Waals surface area contributed by atoms with Crippen molar-refractivity contribution in [2.24, 2.45) is 0 Å². The Labute approximate surface area is 240 Å². The molecule has 2 amide bonds. The first-order chi connectivity index (χ1) is 19.1. The Kier molecular flexibility index (Phi) is 9.81. The van der Waals surface area contributed by atoms with E-state index in [9.17, 15) is 22.4 Å². The van der Waals surface area contributed by atoms with Crippen LogP contribution in [0.3, 0.4) is 0 Å². The van der Waals surface area contributed by atoms with Crippen molar-refractivity contribution in [1.29, 1.82) is 0 Å². The van der Waals surface area contributed by atoms with Crippen molar-refractivity contribution < 1.29 is 22.4 Å². The highest BCUT2D eigenvalue weighted by molar-refractivity contribution is 7.92. The zero-order chi connectivity index (χ0) is 28.7. The Balaban J connectivity index is 1.71. The molecule has 0 aliphatic heterocycles. The highest BCUT2D eigenvalue weighted by Crippen LogP contribution is 2.26. The monoisotopic (exact) mass is 585 g/mol. The lowest BCUT2D eigenvalue weighted by atomic mass is 10.0. The SMILES string of the molecule is CS(=O)(=O)N(CC(=O)N(Cc1ccccc1)[C@@H](Cc1ccccc1)C(=O)NC1CCCC1)c1ccc(F)c(Cl)c1. The van der Waals surface area contributed by atoms with Crippen molar-refractivity contribution in [2.75, 3.05) is 17.1 Å². The molecule has 1 atom stereocenters. The number of hydrogen-bond donors (Lipinski definition) is 1. The molecule has 0 spiro atoms. The summed E-state index contributed by atoms with van der Waals surface area (Å²) in [5.74, 6) is -1.56. The van der Waals surface area contributed by atoms with Crippen molar-refractivity contribution in [3.8, 4) is 0 Å². The Morgan fingerprint density at radius 3 is 2.15 bits per heavy atom. The van der Waals surface area contributed by atoms with Gasteiger partial charge in [-0.2, -0.15) is 0 Å². The summed E-state index contributed by atoms with van der Waals surface area (Å²) in [5.41, 5.74) is 1.71. The quantitative estimate of drug-likeness (QED) is 0.345. The van der Waals surface area contributed by atoms with Gasteiger partial charge in [0.15, 0.2) is 0 Å². The van der Waals surface area contributed by atoms with E-state index in [1.54, 1.807) is 0 Å². The van der Waals surface area contributed by atoms with Crippen molar-refractivity contribution >= 4 is 39.1 Å². The Hall–Kier alpha value is -3.43. The minimum atomic E-state index is -3.97. The molecule has 1 N–H and O–H groups in total. The maximum Gasteiger partial charge on any atom is 0.244 e. The number of sulfonamides is 1. The Bertz CT molecular complexity index is 1420. The number of rotatable bonds is 11. The predicted molar refractivity (Wildman–Crippen MR) is 155 cm³/mol. The van der Waals surface area contributed by atoms with E-state index >= 15 is 0 Å².